The van der Waals surface area contributed by atoms with Gasteiger partial charge < -0.3 is 4.90 Å². The minimum Gasteiger partial charge on any atom is -0.344 e. The first kappa shape index (κ1) is 34.0. The molecule has 1 aromatic carbocycles. The van der Waals surface area contributed by atoms with Crippen LogP contribution in [0.5, 0.6) is 0 Å². The molecule has 0 unspecified atom stereocenters. The molecule has 0 aromatic heterocycles. The second-order valence-corrected chi connectivity index (χ2v) is 13.2. The molecule has 0 bridgehead atoms. The van der Waals surface area contributed by atoms with Crippen LogP contribution in [0.2, 0.25) is 0 Å². The number of rotatable bonds is 19. The molecule has 0 saturated heterocycles. The Kier molecular flexibility index (Phi) is 14.2. The standard InChI is InChI=1S/C37H54N2O2S/c1-5-6-7-8-9-10-11-12-13-14-15-16-17-18-19-20-27-38-34-24-21-30(2)28-33(34)37(3,4)36(38)26-22-31-29-32(39(40)41)23-25-35(31)42/h21-26,28-29H,5-20,27H2,1-4H3/b31-22-,36-26-. The fourth-order valence-corrected chi connectivity index (χ4v) is 6.49. The van der Waals surface area contributed by atoms with Gasteiger partial charge in [-0.05, 0) is 42.7 Å². The molecule has 1 aliphatic heterocycles. The van der Waals surface area contributed by atoms with Crippen LogP contribution in [0.3, 0.4) is 0 Å². The quantitative estimate of drug-likeness (QED) is 0.0528. The first-order chi connectivity index (χ1) is 20.3. The summed E-state index contributed by atoms with van der Waals surface area (Å²) in [5.74, 6) is 0. The second-order valence-electron chi connectivity index (χ2n) is 12.8. The summed E-state index contributed by atoms with van der Waals surface area (Å²) in [6.45, 7) is 9.97. The average Bonchev–Trinajstić information content (AvgIpc) is 3.17. The molecule has 0 N–H and O–H groups in total. The monoisotopic (exact) mass is 590 g/mol. The highest BCUT2D eigenvalue weighted by molar-refractivity contribution is 7.81. The van der Waals surface area contributed by atoms with Crippen LogP contribution >= 0.6 is 12.2 Å². The topological polar surface area (TPSA) is 46.4 Å². The highest BCUT2D eigenvalue weighted by Gasteiger charge is 2.39. The summed E-state index contributed by atoms with van der Waals surface area (Å²) in [5, 5.41) is 11.3. The van der Waals surface area contributed by atoms with Crippen LogP contribution in [-0.2, 0) is 5.41 Å². The lowest BCUT2D eigenvalue weighted by Crippen LogP contribution is -2.27. The van der Waals surface area contributed by atoms with Crippen LogP contribution < -0.4 is 4.90 Å². The molecule has 0 atom stereocenters. The molecule has 1 heterocycles. The van der Waals surface area contributed by atoms with Crippen molar-refractivity contribution in [1.82, 2.24) is 0 Å². The van der Waals surface area contributed by atoms with Crippen molar-refractivity contribution in [2.24, 2.45) is 0 Å². The molecule has 2 aliphatic rings. The Balaban J connectivity index is 1.47. The van der Waals surface area contributed by atoms with Crippen molar-refractivity contribution >= 4 is 22.8 Å². The zero-order chi connectivity index (χ0) is 30.4. The molecule has 3 rings (SSSR count). The predicted octanol–water partition coefficient (Wildman–Crippen LogP) is 11.3. The summed E-state index contributed by atoms with van der Waals surface area (Å²) < 4.78 is 0. The summed E-state index contributed by atoms with van der Waals surface area (Å²) in [6.07, 6.45) is 30.7. The lowest BCUT2D eigenvalue weighted by atomic mass is 9.83. The molecular weight excluding hydrogens is 536 g/mol. The highest BCUT2D eigenvalue weighted by atomic mass is 32.1. The number of hydrogen-bond donors (Lipinski definition) is 0. The smallest absolute Gasteiger partial charge is 0.270 e. The first-order valence-electron chi connectivity index (χ1n) is 16.7. The van der Waals surface area contributed by atoms with Crippen molar-refractivity contribution < 1.29 is 4.92 Å². The predicted molar refractivity (Wildman–Crippen MR) is 184 cm³/mol. The number of nitrogens with zero attached hydrogens (tertiary/aromatic N) is 2. The molecule has 4 nitrogen and oxygen atoms in total. The number of aryl methyl sites for hydroxylation is 1. The van der Waals surface area contributed by atoms with Gasteiger partial charge in [-0.2, -0.15) is 0 Å². The van der Waals surface area contributed by atoms with Crippen LogP contribution in [0.4, 0.5) is 5.69 Å². The van der Waals surface area contributed by atoms with E-state index in [1.54, 1.807) is 12.2 Å². The van der Waals surface area contributed by atoms with Gasteiger partial charge in [0.1, 0.15) is 0 Å². The zero-order valence-electron chi connectivity index (χ0n) is 26.8. The lowest BCUT2D eigenvalue weighted by Gasteiger charge is -2.27. The molecule has 42 heavy (non-hydrogen) atoms. The van der Waals surface area contributed by atoms with Gasteiger partial charge in [-0.25, -0.2) is 0 Å². The normalized spacial score (nSPS) is 17.8. The van der Waals surface area contributed by atoms with Gasteiger partial charge in [0.25, 0.3) is 5.70 Å². The third-order valence-corrected chi connectivity index (χ3v) is 9.28. The van der Waals surface area contributed by atoms with E-state index >= 15 is 0 Å². The van der Waals surface area contributed by atoms with Crippen molar-refractivity contribution in [3.05, 3.63) is 86.8 Å². The maximum atomic E-state index is 11.3. The number of benzene rings is 1. The van der Waals surface area contributed by atoms with Crippen LogP contribution in [0.1, 0.15) is 135 Å². The maximum Gasteiger partial charge on any atom is 0.270 e. The highest BCUT2D eigenvalue weighted by Crippen LogP contribution is 2.48. The van der Waals surface area contributed by atoms with Gasteiger partial charge in [-0.15, -0.1) is 0 Å². The van der Waals surface area contributed by atoms with Gasteiger partial charge in [-0.3, -0.25) is 10.1 Å². The fraction of sp³-hybridized carbons (Fsp3) is 0.595. The van der Waals surface area contributed by atoms with E-state index in [0.29, 0.717) is 4.86 Å². The van der Waals surface area contributed by atoms with Crippen LogP contribution in [0, 0.1) is 17.0 Å². The van der Waals surface area contributed by atoms with Gasteiger partial charge in [0.2, 0.25) is 0 Å². The molecule has 0 spiro atoms. The molecule has 230 valence electrons. The molecule has 0 radical (unpaired) electrons. The molecule has 5 heteroatoms. The van der Waals surface area contributed by atoms with Gasteiger partial charge in [0.15, 0.2) is 0 Å². The summed E-state index contributed by atoms with van der Waals surface area (Å²) in [7, 11) is 0. The Labute approximate surface area is 261 Å². The number of thiocarbonyl (C=S) groups is 1. The van der Waals surface area contributed by atoms with E-state index in [4.69, 9.17) is 12.2 Å². The molecule has 0 amide bonds. The molecule has 1 aliphatic carbocycles. The van der Waals surface area contributed by atoms with E-state index in [9.17, 15) is 10.1 Å². The van der Waals surface area contributed by atoms with Gasteiger partial charge >= 0.3 is 0 Å². The number of unbranched alkanes of at least 4 members (excludes halogenated alkanes) is 15. The number of anilines is 1. The summed E-state index contributed by atoms with van der Waals surface area (Å²) in [5.41, 5.74) is 5.75. The van der Waals surface area contributed by atoms with Crippen LogP contribution in [0.15, 0.2) is 65.5 Å². The molecule has 1 aromatic rings. The van der Waals surface area contributed by atoms with E-state index in [-0.39, 0.29) is 16.0 Å². The minimum atomic E-state index is -0.360. The fourth-order valence-electron chi connectivity index (χ4n) is 6.30. The van der Waals surface area contributed by atoms with Gasteiger partial charge in [-0.1, -0.05) is 153 Å². The zero-order valence-corrected chi connectivity index (χ0v) is 27.6. The van der Waals surface area contributed by atoms with Crippen molar-refractivity contribution in [3.8, 4) is 0 Å². The van der Waals surface area contributed by atoms with E-state index < -0.39 is 0 Å². The number of nitro groups is 1. The van der Waals surface area contributed by atoms with E-state index in [0.717, 1.165) is 18.5 Å². The summed E-state index contributed by atoms with van der Waals surface area (Å²) >= 11 is 5.49. The van der Waals surface area contributed by atoms with Gasteiger partial charge in [0.05, 0.1) is 4.92 Å². The average molecular weight is 591 g/mol. The Morgan fingerprint density at radius 2 is 1.38 bits per heavy atom. The molecule has 0 fully saturated rings. The van der Waals surface area contributed by atoms with Crippen molar-refractivity contribution in [1.29, 1.82) is 0 Å². The number of allylic oxidation sites excluding steroid dienone is 7. The largest absolute Gasteiger partial charge is 0.344 e. The van der Waals surface area contributed by atoms with E-state index in [1.807, 2.05) is 6.08 Å². The Hall–Kier alpha value is -2.53. The van der Waals surface area contributed by atoms with Crippen molar-refractivity contribution in [3.63, 3.8) is 0 Å². The van der Waals surface area contributed by atoms with Crippen molar-refractivity contribution in [2.75, 3.05) is 11.4 Å². The van der Waals surface area contributed by atoms with Crippen LogP contribution in [-0.4, -0.2) is 16.3 Å². The number of hydrogen-bond acceptors (Lipinski definition) is 4. The third-order valence-electron chi connectivity index (χ3n) is 8.91. The first-order valence-corrected chi connectivity index (χ1v) is 17.1. The van der Waals surface area contributed by atoms with Crippen molar-refractivity contribution in [2.45, 2.75) is 136 Å². The Morgan fingerprint density at radius 3 is 1.93 bits per heavy atom. The lowest BCUT2D eigenvalue weighted by molar-refractivity contribution is -0.419. The van der Waals surface area contributed by atoms with E-state index in [1.165, 1.54) is 125 Å². The Morgan fingerprint density at radius 1 is 0.833 bits per heavy atom. The minimum absolute atomic E-state index is 0.0721. The van der Waals surface area contributed by atoms with E-state index in [2.05, 4.69) is 56.9 Å². The van der Waals surface area contributed by atoms with Gasteiger partial charge in [0, 0.05) is 40.4 Å². The second kappa shape index (κ2) is 17.6. The Bertz CT molecular complexity index is 1170. The summed E-state index contributed by atoms with van der Waals surface area (Å²) in [6, 6.07) is 6.76. The third kappa shape index (κ3) is 10.0. The number of fused-ring (bicyclic) bond motifs is 1. The maximum absolute atomic E-state index is 11.3. The SMILES string of the molecule is CCCCCCCCCCCCCCCCCCN1/C(=C\C=C2\C=C([N+](=O)[O-])C=CC2=S)C(C)(C)c2cc(C)ccc21. The molecular formula is C37H54N2O2S. The molecule has 0 saturated carbocycles. The summed E-state index contributed by atoms with van der Waals surface area (Å²) in [4.78, 5) is 14.1. The van der Waals surface area contributed by atoms with Crippen LogP contribution in [0.25, 0.3) is 0 Å².